The SMILES string of the molecule is CCCOc1ccc(/C(O)=C2/C(=O)C(=O)N(c3ccc(OCC)cc3)C2c2ccncc2)cc1. The quantitative estimate of drug-likeness (QED) is 0.294. The number of aliphatic hydroxyl groups is 1. The summed E-state index contributed by atoms with van der Waals surface area (Å²) in [6.07, 6.45) is 4.06. The number of nitrogens with zero attached hydrogens (tertiary/aromatic N) is 2. The lowest BCUT2D eigenvalue weighted by atomic mass is 9.95. The van der Waals surface area contributed by atoms with Gasteiger partial charge in [-0.3, -0.25) is 19.5 Å². The number of aromatic nitrogens is 1. The van der Waals surface area contributed by atoms with Crippen LogP contribution in [0.4, 0.5) is 5.69 Å². The van der Waals surface area contributed by atoms with E-state index in [1.807, 2.05) is 13.8 Å². The molecule has 34 heavy (non-hydrogen) atoms. The molecule has 2 heterocycles. The molecule has 0 saturated carbocycles. The van der Waals surface area contributed by atoms with Gasteiger partial charge >= 0.3 is 0 Å². The van der Waals surface area contributed by atoms with Crippen molar-refractivity contribution >= 4 is 23.1 Å². The molecule has 1 unspecified atom stereocenters. The molecule has 4 rings (SSSR count). The van der Waals surface area contributed by atoms with Gasteiger partial charge in [0.1, 0.15) is 17.3 Å². The fraction of sp³-hybridized carbons (Fsp3) is 0.222. The number of pyridine rings is 1. The van der Waals surface area contributed by atoms with E-state index >= 15 is 0 Å². The fourth-order valence-corrected chi connectivity index (χ4v) is 3.91. The maximum absolute atomic E-state index is 13.2. The Labute approximate surface area is 198 Å². The number of hydrogen-bond donors (Lipinski definition) is 1. The lowest BCUT2D eigenvalue weighted by molar-refractivity contribution is -0.132. The molecule has 0 aliphatic carbocycles. The number of rotatable bonds is 8. The maximum Gasteiger partial charge on any atom is 0.300 e. The fourth-order valence-electron chi connectivity index (χ4n) is 3.91. The third-order valence-electron chi connectivity index (χ3n) is 5.49. The van der Waals surface area contributed by atoms with Crippen LogP contribution in [0.1, 0.15) is 37.4 Å². The third kappa shape index (κ3) is 4.50. The van der Waals surface area contributed by atoms with Crippen molar-refractivity contribution in [3.05, 3.63) is 89.8 Å². The molecule has 0 spiro atoms. The second-order valence-corrected chi connectivity index (χ2v) is 7.75. The van der Waals surface area contributed by atoms with Gasteiger partial charge in [-0.05, 0) is 79.6 Å². The first-order chi connectivity index (χ1) is 16.5. The smallest absolute Gasteiger partial charge is 0.300 e. The largest absolute Gasteiger partial charge is 0.507 e. The number of hydrogen-bond acceptors (Lipinski definition) is 6. The van der Waals surface area contributed by atoms with Crippen molar-refractivity contribution in [3.63, 3.8) is 0 Å². The number of ether oxygens (including phenoxy) is 2. The van der Waals surface area contributed by atoms with Gasteiger partial charge in [0.05, 0.1) is 24.8 Å². The van der Waals surface area contributed by atoms with E-state index in [1.54, 1.807) is 73.1 Å². The molecule has 1 N–H and O–H groups in total. The minimum atomic E-state index is -0.808. The molecule has 1 atom stereocenters. The van der Waals surface area contributed by atoms with Gasteiger partial charge in [-0.2, -0.15) is 0 Å². The second-order valence-electron chi connectivity index (χ2n) is 7.75. The molecule has 0 bridgehead atoms. The van der Waals surface area contributed by atoms with Crippen molar-refractivity contribution in [1.29, 1.82) is 0 Å². The zero-order valence-corrected chi connectivity index (χ0v) is 19.1. The van der Waals surface area contributed by atoms with Crippen LogP contribution in [-0.4, -0.2) is 35.0 Å². The summed E-state index contributed by atoms with van der Waals surface area (Å²) in [4.78, 5) is 31.8. The topological polar surface area (TPSA) is 89.0 Å². The number of ketones is 1. The maximum atomic E-state index is 13.2. The van der Waals surface area contributed by atoms with Gasteiger partial charge in [0, 0.05) is 23.6 Å². The molecular formula is C27H26N2O5. The molecule has 1 fully saturated rings. The van der Waals surface area contributed by atoms with Crippen LogP contribution < -0.4 is 14.4 Å². The number of anilines is 1. The Balaban J connectivity index is 1.79. The molecular weight excluding hydrogens is 432 g/mol. The minimum Gasteiger partial charge on any atom is -0.507 e. The minimum absolute atomic E-state index is 0.0207. The van der Waals surface area contributed by atoms with Gasteiger partial charge in [-0.1, -0.05) is 6.92 Å². The normalized spacial score (nSPS) is 17.1. The van der Waals surface area contributed by atoms with Gasteiger partial charge in [0.25, 0.3) is 11.7 Å². The monoisotopic (exact) mass is 458 g/mol. The molecule has 174 valence electrons. The van der Waals surface area contributed by atoms with Crippen LogP contribution in [0, 0.1) is 0 Å². The lowest BCUT2D eigenvalue weighted by Gasteiger charge is -2.25. The molecule has 1 aromatic heterocycles. The van der Waals surface area contributed by atoms with Gasteiger partial charge in [0.15, 0.2) is 0 Å². The highest BCUT2D eigenvalue weighted by Crippen LogP contribution is 2.42. The van der Waals surface area contributed by atoms with E-state index in [0.29, 0.717) is 41.5 Å². The highest BCUT2D eigenvalue weighted by Gasteiger charge is 2.46. The number of aliphatic hydroxyl groups excluding tert-OH is 1. The van der Waals surface area contributed by atoms with Crippen molar-refractivity contribution in [2.45, 2.75) is 26.3 Å². The predicted molar refractivity (Wildman–Crippen MR) is 129 cm³/mol. The Bertz CT molecular complexity index is 1190. The van der Waals surface area contributed by atoms with E-state index in [1.165, 1.54) is 4.90 Å². The van der Waals surface area contributed by atoms with Crippen LogP contribution in [0.5, 0.6) is 11.5 Å². The average Bonchev–Trinajstić information content (AvgIpc) is 3.14. The summed E-state index contributed by atoms with van der Waals surface area (Å²) in [7, 11) is 0. The Kier molecular flexibility index (Phi) is 6.92. The number of carbonyl (C=O) groups is 2. The molecule has 1 aliphatic heterocycles. The van der Waals surface area contributed by atoms with Crippen LogP contribution in [0.3, 0.4) is 0 Å². The molecule has 1 saturated heterocycles. The van der Waals surface area contributed by atoms with Crippen molar-refractivity contribution in [3.8, 4) is 11.5 Å². The Morgan fingerprint density at radius 1 is 0.912 bits per heavy atom. The van der Waals surface area contributed by atoms with E-state index < -0.39 is 17.7 Å². The van der Waals surface area contributed by atoms with Crippen LogP contribution in [0.25, 0.3) is 5.76 Å². The molecule has 7 nitrogen and oxygen atoms in total. The summed E-state index contributed by atoms with van der Waals surface area (Å²) >= 11 is 0. The molecule has 0 radical (unpaired) electrons. The van der Waals surface area contributed by atoms with Crippen LogP contribution in [-0.2, 0) is 9.59 Å². The molecule has 3 aromatic rings. The van der Waals surface area contributed by atoms with Gasteiger partial charge in [-0.25, -0.2) is 0 Å². The van der Waals surface area contributed by atoms with Gasteiger partial charge in [0.2, 0.25) is 0 Å². The zero-order valence-electron chi connectivity index (χ0n) is 19.1. The summed E-state index contributed by atoms with van der Waals surface area (Å²) < 4.78 is 11.1. The highest BCUT2D eigenvalue weighted by molar-refractivity contribution is 6.51. The number of amides is 1. The summed E-state index contributed by atoms with van der Waals surface area (Å²) in [6, 6.07) is 16.4. The zero-order chi connectivity index (χ0) is 24.1. The van der Waals surface area contributed by atoms with Crippen molar-refractivity contribution < 1.29 is 24.2 Å². The van der Waals surface area contributed by atoms with E-state index in [2.05, 4.69) is 4.98 Å². The van der Waals surface area contributed by atoms with E-state index in [9.17, 15) is 14.7 Å². The standard InChI is InChI=1S/C27H26N2O5/c1-3-17-34-22-9-5-19(6-10-22)25(30)23-24(18-13-15-28-16-14-18)29(27(32)26(23)31)20-7-11-21(12-8-20)33-4-2/h5-16,24,30H,3-4,17H2,1-2H3/b25-23-. The van der Waals surface area contributed by atoms with E-state index in [4.69, 9.17) is 9.47 Å². The summed E-state index contributed by atoms with van der Waals surface area (Å²) in [5.41, 5.74) is 1.63. The lowest BCUT2D eigenvalue weighted by Crippen LogP contribution is -2.29. The predicted octanol–water partition coefficient (Wildman–Crippen LogP) is 4.90. The van der Waals surface area contributed by atoms with Gasteiger partial charge in [-0.15, -0.1) is 0 Å². The molecule has 1 amide bonds. The molecule has 1 aliphatic rings. The summed E-state index contributed by atoms with van der Waals surface area (Å²) in [6.45, 7) is 5.00. The number of carbonyl (C=O) groups excluding carboxylic acids is 2. The van der Waals surface area contributed by atoms with Crippen molar-refractivity contribution in [2.24, 2.45) is 0 Å². The average molecular weight is 459 g/mol. The summed E-state index contributed by atoms with van der Waals surface area (Å²) in [5, 5.41) is 11.2. The van der Waals surface area contributed by atoms with Crippen LogP contribution in [0.15, 0.2) is 78.6 Å². The first kappa shape index (κ1) is 23.0. The first-order valence-corrected chi connectivity index (χ1v) is 11.2. The van der Waals surface area contributed by atoms with E-state index in [-0.39, 0.29) is 11.3 Å². The van der Waals surface area contributed by atoms with Crippen LogP contribution in [0.2, 0.25) is 0 Å². The molecule has 7 heteroatoms. The Hall–Kier alpha value is -4.13. The van der Waals surface area contributed by atoms with Crippen molar-refractivity contribution in [1.82, 2.24) is 4.98 Å². The molecule has 2 aromatic carbocycles. The third-order valence-corrected chi connectivity index (χ3v) is 5.49. The second kappa shape index (κ2) is 10.2. The summed E-state index contributed by atoms with van der Waals surface area (Å²) in [5.74, 6) is -0.377. The number of benzene rings is 2. The number of Topliss-reactive ketones (excluding diaryl/α,β-unsaturated/α-hetero) is 1. The van der Waals surface area contributed by atoms with Crippen LogP contribution >= 0.6 is 0 Å². The van der Waals surface area contributed by atoms with E-state index in [0.717, 1.165) is 6.42 Å². The van der Waals surface area contributed by atoms with Gasteiger partial charge < -0.3 is 14.6 Å². The first-order valence-electron chi connectivity index (χ1n) is 11.2. The highest BCUT2D eigenvalue weighted by atomic mass is 16.5. The Morgan fingerprint density at radius 3 is 2.15 bits per heavy atom. The Morgan fingerprint density at radius 2 is 1.53 bits per heavy atom. The van der Waals surface area contributed by atoms with Crippen molar-refractivity contribution in [2.75, 3.05) is 18.1 Å².